The van der Waals surface area contributed by atoms with E-state index >= 15 is 0 Å². The number of hydrazone groups is 2. The van der Waals surface area contributed by atoms with Crippen molar-refractivity contribution in [2.45, 2.75) is 0 Å². The molecule has 0 aliphatic rings. The lowest BCUT2D eigenvalue weighted by Gasteiger charge is -1.95. The second-order valence-electron chi connectivity index (χ2n) is 7.85. The van der Waals surface area contributed by atoms with E-state index in [4.69, 9.17) is 10.2 Å². The van der Waals surface area contributed by atoms with E-state index in [1.54, 1.807) is 48.6 Å². The van der Waals surface area contributed by atoms with E-state index in [2.05, 4.69) is 31.0 Å². The molecule has 0 saturated carbocycles. The Hall–Kier alpha value is -6.14. The van der Waals surface area contributed by atoms with Crippen LogP contribution in [-0.4, -0.2) is 54.4 Å². The van der Waals surface area contributed by atoms with Crippen molar-refractivity contribution in [2.24, 2.45) is 10.2 Å². The van der Waals surface area contributed by atoms with E-state index in [1.807, 2.05) is 0 Å². The molecular formula is C26H20N8O8S2. The predicted molar refractivity (Wildman–Crippen MR) is 167 cm³/mol. The maximum atomic E-state index is 10.8. The summed E-state index contributed by atoms with van der Waals surface area (Å²) in [6, 6.07) is 12.5. The summed E-state index contributed by atoms with van der Waals surface area (Å²) in [5, 5.41) is 50.1. The Morgan fingerprint density at radius 2 is 1.36 bits per heavy atom. The summed E-state index contributed by atoms with van der Waals surface area (Å²) in [5.74, 6) is -2.21. The molecule has 44 heavy (non-hydrogen) atoms. The number of hydrogen-bond donors (Lipinski definition) is 4. The summed E-state index contributed by atoms with van der Waals surface area (Å²) in [5.41, 5.74) is 6.21. The molecular weight excluding hydrogens is 616 g/mol. The number of benzene rings is 2. The number of carbonyl (C=O) groups is 2. The molecule has 224 valence electrons. The smallest absolute Gasteiger partial charge is 0.355 e. The van der Waals surface area contributed by atoms with E-state index in [0.29, 0.717) is 21.4 Å². The van der Waals surface area contributed by atoms with Gasteiger partial charge in [0.1, 0.15) is 0 Å². The van der Waals surface area contributed by atoms with Crippen LogP contribution >= 0.6 is 22.7 Å². The fourth-order valence-electron chi connectivity index (χ4n) is 2.96. The minimum Gasteiger partial charge on any atom is -0.476 e. The van der Waals surface area contributed by atoms with Gasteiger partial charge in [0.2, 0.25) is 10.3 Å². The number of rotatable bonds is 12. The Morgan fingerprint density at radius 1 is 0.795 bits per heavy atom. The number of nitro groups is 2. The van der Waals surface area contributed by atoms with E-state index in [0.717, 1.165) is 22.7 Å². The van der Waals surface area contributed by atoms with Crippen LogP contribution in [0.5, 0.6) is 0 Å². The predicted octanol–water partition coefficient (Wildman–Crippen LogP) is 5.72. The van der Waals surface area contributed by atoms with Crippen LogP contribution < -0.4 is 10.9 Å². The van der Waals surface area contributed by atoms with Crippen molar-refractivity contribution < 1.29 is 29.6 Å². The summed E-state index contributed by atoms with van der Waals surface area (Å²) < 4.78 is 0. The highest BCUT2D eigenvalue weighted by atomic mass is 32.1. The van der Waals surface area contributed by atoms with Crippen LogP contribution in [0.2, 0.25) is 0 Å². The SMILES string of the molecule is O=C(O)c1csc(N/N=C\C=C\c2cccc([N+](=O)[O-])c2)n1.O=C(O)c1csc(N/N=C\C=C\c2ccccc2[N+](=O)[O-])n1. The third kappa shape index (κ3) is 10.4. The van der Waals surface area contributed by atoms with Crippen LogP contribution in [0.15, 0.2) is 81.6 Å². The van der Waals surface area contributed by atoms with Gasteiger partial charge in [-0.15, -0.1) is 22.7 Å². The number of anilines is 2. The van der Waals surface area contributed by atoms with Gasteiger partial charge >= 0.3 is 11.9 Å². The first-order chi connectivity index (χ1) is 21.1. The zero-order valence-corrected chi connectivity index (χ0v) is 23.7. The fraction of sp³-hybridized carbons (Fsp3) is 0. The first-order valence-electron chi connectivity index (χ1n) is 11.9. The second kappa shape index (κ2) is 16.3. The van der Waals surface area contributed by atoms with Crippen molar-refractivity contribution in [3.63, 3.8) is 0 Å². The molecule has 0 amide bonds. The molecule has 2 heterocycles. The second-order valence-corrected chi connectivity index (χ2v) is 9.57. The molecule has 0 unspecified atom stereocenters. The third-order valence-corrected chi connectivity index (χ3v) is 6.36. The molecule has 16 nitrogen and oxygen atoms in total. The molecule has 2 aromatic carbocycles. The molecule has 0 spiro atoms. The summed E-state index contributed by atoms with van der Waals surface area (Å²) in [6.45, 7) is 0. The number of thiazole rings is 2. The lowest BCUT2D eigenvalue weighted by Crippen LogP contribution is -1.96. The topological polar surface area (TPSA) is 235 Å². The maximum absolute atomic E-state index is 10.8. The molecule has 4 N–H and O–H groups in total. The first kappa shape index (κ1) is 32.4. The molecule has 4 aromatic rings. The van der Waals surface area contributed by atoms with E-state index < -0.39 is 21.8 Å². The zero-order valence-electron chi connectivity index (χ0n) is 22.1. The Labute approximate surface area is 255 Å². The van der Waals surface area contributed by atoms with Crippen LogP contribution in [0.3, 0.4) is 0 Å². The number of non-ortho nitro benzene ring substituents is 1. The zero-order chi connectivity index (χ0) is 31.9. The monoisotopic (exact) mass is 636 g/mol. The summed E-state index contributed by atoms with van der Waals surface area (Å²) in [6.07, 6.45) is 9.15. The Kier molecular flexibility index (Phi) is 12.0. The average molecular weight is 637 g/mol. The highest BCUT2D eigenvalue weighted by Gasteiger charge is 2.10. The van der Waals surface area contributed by atoms with Gasteiger partial charge < -0.3 is 10.2 Å². The van der Waals surface area contributed by atoms with Gasteiger partial charge in [0, 0.05) is 41.4 Å². The normalized spacial score (nSPS) is 11.1. The van der Waals surface area contributed by atoms with Crippen LogP contribution in [0, 0.1) is 20.2 Å². The van der Waals surface area contributed by atoms with Gasteiger partial charge in [0.15, 0.2) is 11.4 Å². The molecule has 0 aliphatic carbocycles. The number of nitrogens with zero attached hydrogens (tertiary/aromatic N) is 6. The first-order valence-corrected chi connectivity index (χ1v) is 13.7. The van der Waals surface area contributed by atoms with Crippen molar-refractivity contribution in [1.29, 1.82) is 0 Å². The molecule has 0 aliphatic heterocycles. The Bertz CT molecular complexity index is 1760. The van der Waals surface area contributed by atoms with Crippen LogP contribution in [0.25, 0.3) is 12.2 Å². The lowest BCUT2D eigenvalue weighted by molar-refractivity contribution is -0.385. The largest absolute Gasteiger partial charge is 0.476 e. The highest BCUT2D eigenvalue weighted by molar-refractivity contribution is 7.14. The Balaban J connectivity index is 0.000000240. The number of nitro benzene ring substituents is 2. The highest BCUT2D eigenvalue weighted by Crippen LogP contribution is 2.19. The lowest BCUT2D eigenvalue weighted by atomic mass is 10.2. The van der Waals surface area contributed by atoms with Crippen molar-refractivity contribution in [3.8, 4) is 0 Å². The number of carboxylic acids is 2. The third-order valence-electron chi connectivity index (χ3n) is 4.87. The standard InChI is InChI=1S/2C13H10N4O4S/c18-12(19)11-8-22-13(15-11)16-14-6-2-4-9-3-1-5-10(7-9)17(20)21;18-12(19)10-8-22-13(15-10)16-14-7-3-5-9-4-1-2-6-11(9)17(20)21/h2*1-8H,(H,15,16)(H,18,19)/b4-2+,14-6-;5-3+,14-7-. The fourth-order valence-corrected chi connectivity index (χ4v) is 4.22. The Morgan fingerprint density at radius 3 is 1.89 bits per heavy atom. The molecule has 0 radical (unpaired) electrons. The van der Waals surface area contributed by atoms with Gasteiger partial charge in [-0.25, -0.2) is 19.6 Å². The van der Waals surface area contributed by atoms with E-state index in [9.17, 15) is 29.8 Å². The van der Waals surface area contributed by atoms with Crippen molar-refractivity contribution in [1.82, 2.24) is 9.97 Å². The molecule has 4 rings (SSSR count). The molecule has 2 aromatic heterocycles. The number of carboxylic acid groups (broad SMARTS) is 2. The van der Waals surface area contributed by atoms with Crippen LogP contribution in [0.1, 0.15) is 32.1 Å². The van der Waals surface area contributed by atoms with Gasteiger partial charge in [0.05, 0.1) is 15.4 Å². The minimum atomic E-state index is -1.11. The average Bonchev–Trinajstić information content (AvgIpc) is 3.68. The minimum absolute atomic E-state index is 0.00568. The number of para-hydroxylation sites is 1. The van der Waals surface area contributed by atoms with Crippen molar-refractivity contribution in [2.75, 3.05) is 10.9 Å². The van der Waals surface area contributed by atoms with Crippen LogP contribution in [0.4, 0.5) is 21.6 Å². The molecule has 0 fully saturated rings. The van der Waals surface area contributed by atoms with Gasteiger partial charge in [-0.1, -0.05) is 30.3 Å². The summed E-state index contributed by atoms with van der Waals surface area (Å²) in [4.78, 5) is 49.4. The number of hydrogen-bond acceptors (Lipinski definition) is 14. The van der Waals surface area contributed by atoms with Crippen molar-refractivity contribution >= 4 is 80.8 Å². The quantitative estimate of drug-likeness (QED) is 0.0830. The number of aromatic carboxylic acids is 2. The summed E-state index contributed by atoms with van der Waals surface area (Å²) in [7, 11) is 0. The van der Waals surface area contributed by atoms with E-state index in [-0.39, 0.29) is 22.8 Å². The van der Waals surface area contributed by atoms with Crippen LogP contribution in [-0.2, 0) is 0 Å². The number of allylic oxidation sites excluding steroid dienone is 2. The van der Waals surface area contributed by atoms with Gasteiger partial charge in [-0.3, -0.25) is 31.1 Å². The van der Waals surface area contributed by atoms with Gasteiger partial charge in [-0.05, 0) is 29.9 Å². The molecule has 18 heteroatoms. The number of nitrogens with one attached hydrogen (secondary N) is 2. The van der Waals surface area contributed by atoms with Crippen molar-refractivity contribution in [3.05, 3.63) is 114 Å². The molecule has 0 atom stereocenters. The van der Waals surface area contributed by atoms with Gasteiger partial charge in [0.25, 0.3) is 11.4 Å². The van der Waals surface area contributed by atoms with Gasteiger partial charge in [-0.2, -0.15) is 10.2 Å². The number of aromatic nitrogens is 2. The maximum Gasteiger partial charge on any atom is 0.355 e. The summed E-state index contributed by atoms with van der Waals surface area (Å²) >= 11 is 2.23. The van der Waals surface area contributed by atoms with E-state index in [1.165, 1.54) is 47.5 Å². The molecule has 0 bridgehead atoms. The molecule has 0 saturated heterocycles.